The highest BCUT2D eigenvalue weighted by atomic mass is 16.6. The van der Waals surface area contributed by atoms with Gasteiger partial charge < -0.3 is 14.9 Å². The van der Waals surface area contributed by atoms with Crippen molar-refractivity contribution in [3.8, 4) is 0 Å². The minimum absolute atomic E-state index is 0.119. The van der Waals surface area contributed by atoms with Crippen LogP contribution in [-0.2, 0) is 23.9 Å². The van der Waals surface area contributed by atoms with Gasteiger partial charge in [-0.15, -0.1) is 0 Å². The molecule has 2 atom stereocenters. The zero-order valence-electron chi connectivity index (χ0n) is 10.8. The van der Waals surface area contributed by atoms with Gasteiger partial charge in [-0.3, -0.25) is 19.2 Å². The molecule has 2 N–H and O–H groups in total. The minimum atomic E-state index is -2.04. The fraction of sp³-hybridized carbons (Fsp3) is 0.538. The molecule has 0 aromatic heterocycles. The van der Waals surface area contributed by atoms with E-state index in [1.165, 1.54) is 6.08 Å². The van der Waals surface area contributed by atoms with Crippen LogP contribution in [-0.4, -0.2) is 34.1 Å². The lowest BCUT2D eigenvalue weighted by atomic mass is 9.67. The summed E-state index contributed by atoms with van der Waals surface area (Å²) in [7, 11) is 0. The molecule has 1 heterocycles. The van der Waals surface area contributed by atoms with Gasteiger partial charge in [0, 0.05) is 0 Å². The van der Waals surface area contributed by atoms with E-state index in [1.54, 1.807) is 6.92 Å². The van der Waals surface area contributed by atoms with Crippen LogP contribution in [0.25, 0.3) is 0 Å². The number of allylic oxidation sites excluding steroid dienone is 1. The van der Waals surface area contributed by atoms with Crippen molar-refractivity contribution in [2.24, 2.45) is 17.3 Å². The van der Waals surface area contributed by atoms with Crippen LogP contribution in [0.4, 0.5) is 0 Å². The quantitative estimate of drug-likeness (QED) is 0.441. The summed E-state index contributed by atoms with van der Waals surface area (Å²) in [4.78, 5) is 45.4. The van der Waals surface area contributed by atoms with Gasteiger partial charge in [-0.2, -0.15) is 0 Å². The molecule has 1 aliphatic carbocycles. The topological polar surface area (TPSA) is 118 Å². The molecule has 2 aliphatic rings. The first-order valence-electron chi connectivity index (χ1n) is 6.16. The first kappa shape index (κ1) is 14.2. The molecule has 1 aliphatic heterocycles. The Hall–Kier alpha value is -2.18. The second kappa shape index (κ2) is 4.73. The van der Waals surface area contributed by atoms with Crippen molar-refractivity contribution in [1.29, 1.82) is 0 Å². The maximum Gasteiger partial charge on any atom is 0.325 e. The van der Waals surface area contributed by atoms with Gasteiger partial charge in [0.05, 0.1) is 12.3 Å². The van der Waals surface area contributed by atoms with Gasteiger partial charge in [0.2, 0.25) is 0 Å². The predicted octanol–water partition coefficient (Wildman–Crippen LogP) is 0.588. The number of carbonyl (C=O) groups excluding carboxylic acids is 2. The molecular weight excluding hydrogens is 268 g/mol. The Labute approximate surface area is 114 Å². The summed E-state index contributed by atoms with van der Waals surface area (Å²) in [6.45, 7) is 1.62. The molecule has 2 rings (SSSR count). The van der Waals surface area contributed by atoms with Gasteiger partial charge in [-0.25, -0.2) is 0 Å². The van der Waals surface area contributed by atoms with Crippen molar-refractivity contribution in [3.05, 3.63) is 11.6 Å². The van der Waals surface area contributed by atoms with E-state index in [2.05, 4.69) is 4.74 Å². The molecular formula is C13H14O7. The Morgan fingerprint density at radius 1 is 1.25 bits per heavy atom. The number of rotatable bonds is 3. The van der Waals surface area contributed by atoms with Crippen molar-refractivity contribution in [3.63, 3.8) is 0 Å². The van der Waals surface area contributed by atoms with Gasteiger partial charge in [-0.1, -0.05) is 11.6 Å². The van der Waals surface area contributed by atoms with Crippen molar-refractivity contribution in [1.82, 2.24) is 0 Å². The Kier molecular flexibility index (Phi) is 3.37. The molecule has 20 heavy (non-hydrogen) atoms. The van der Waals surface area contributed by atoms with Crippen LogP contribution in [0.2, 0.25) is 0 Å². The maximum atomic E-state index is 11.6. The molecule has 7 nitrogen and oxygen atoms in total. The van der Waals surface area contributed by atoms with Crippen LogP contribution in [0.15, 0.2) is 11.6 Å². The second-order valence-electron chi connectivity index (χ2n) is 5.34. The summed E-state index contributed by atoms with van der Waals surface area (Å²) in [6, 6.07) is 0. The van der Waals surface area contributed by atoms with Gasteiger partial charge in [0.25, 0.3) is 0 Å². The van der Waals surface area contributed by atoms with E-state index in [4.69, 9.17) is 0 Å². The molecule has 108 valence electrons. The van der Waals surface area contributed by atoms with E-state index in [0.29, 0.717) is 12.0 Å². The lowest BCUT2D eigenvalue weighted by Gasteiger charge is -2.33. The minimum Gasteiger partial charge on any atom is -0.480 e. The zero-order valence-corrected chi connectivity index (χ0v) is 10.8. The van der Waals surface area contributed by atoms with Crippen LogP contribution in [0.5, 0.6) is 0 Å². The number of esters is 2. The fourth-order valence-corrected chi connectivity index (χ4v) is 2.96. The number of cyclic esters (lactones) is 2. The molecule has 0 aromatic carbocycles. The molecule has 0 radical (unpaired) electrons. The van der Waals surface area contributed by atoms with Gasteiger partial charge in [-0.05, 0) is 25.7 Å². The van der Waals surface area contributed by atoms with Gasteiger partial charge in [0.1, 0.15) is 0 Å². The fourth-order valence-electron chi connectivity index (χ4n) is 2.96. The van der Waals surface area contributed by atoms with Crippen LogP contribution in [0.1, 0.15) is 26.2 Å². The SMILES string of the molecule is CC1=CC(C(=O)O)(C(=O)O)CC(C2CC(=O)OC2=O)C1. The largest absolute Gasteiger partial charge is 0.480 e. The molecule has 1 saturated heterocycles. The second-order valence-corrected chi connectivity index (χ2v) is 5.34. The summed E-state index contributed by atoms with van der Waals surface area (Å²) in [5.41, 5.74) is -1.46. The normalized spacial score (nSPS) is 28.8. The smallest absolute Gasteiger partial charge is 0.325 e. The van der Waals surface area contributed by atoms with E-state index < -0.39 is 41.1 Å². The van der Waals surface area contributed by atoms with E-state index in [9.17, 15) is 29.4 Å². The lowest BCUT2D eigenvalue weighted by molar-refractivity contribution is -0.164. The first-order chi connectivity index (χ1) is 9.26. The highest BCUT2D eigenvalue weighted by molar-refractivity contribution is 6.01. The first-order valence-corrected chi connectivity index (χ1v) is 6.16. The number of carbonyl (C=O) groups is 4. The summed E-state index contributed by atoms with van der Waals surface area (Å²) in [5.74, 6) is -5.56. The lowest BCUT2D eigenvalue weighted by Crippen LogP contribution is -2.43. The van der Waals surface area contributed by atoms with E-state index in [0.717, 1.165) is 0 Å². The third-order valence-corrected chi connectivity index (χ3v) is 3.90. The van der Waals surface area contributed by atoms with Gasteiger partial charge >= 0.3 is 23.9 Å². The summed E-state index contributed by atoms with van der Waals surface area (Å²) >= 11 is 0. The Balaban J connectivity index is 2.34. The molecule has 2 unspecified atom stereocenters. The average molecular weight is 282 g/mol. The summed E-state index contributed by atoms with van der Waals surface area (Å²) < 4.78 is 4.46. The van der Waals surface area contributed by atoms with Crippen LogP contribution < -0.4 is 0 Å². The zero-order chi connectivity index (χ0) is 15.1. The predicted molar refractivity (Wildman–Crippen MR) is 63.4 cm³/mol. The Bertz CT molecular complexity index is 517. The van der Waals surface area contributed by atoms with E-state index in [-0.39, 0.29) is 12.8 Å². The number of aliphatic carboxylic acids is 2. The molecule has 0 spiro atoms. The maximum absolute atomic E-state index is 11.6. The van der Waals surface area contributed by atoms with Crippen LogP contribution in [0, 0.1) is 17.3 Å². The molecule has 0 amide bonds. The number of carboxylic acid groups (broad SMARTS) is 2. The van der Waals surface area contributed by atoms with E-state index in [1.807, 2.05) is 0 Å². The highest BCUT2D eigenvalue weighted by Crippen LogP contribution is 2.43. The van der Waals surface area contributed by atoms with Crippen LogP contribution in [0.3, 0.4) is 0 Å². The third-order valence-electron chi connectivity index (χ3n) is 3.90. The Morgan fingerprint density at radius 2 is 1.85 bits per heavy atom. The standard InChI is InChI=1S/C13H14O7/c1-6-2-7(8-3-9(14)20-10(8)15)5-13(4-6,11(16)17)12(18)19/h4,7-8H,2-3,5H2,1H3,(H,16,17)(H,18,19). The monoisotopic (exact) mass is 282 g/mol. The van der Waals surface area contributed by atoms with Gasteiger partial charge in [0.15, 0.2) is 5.41 Å². The molecule has 7 heteroatoms. The molecule has 1 fully saturated rings. The molecule has 0 saturated carbocycles. The number of ether oxygens (including phenoxy) is 1. The Morgan fingerprint density at radius 3 is 2.30 bits per heavy atom. The summed E-state index contributed by atoms with van der Waals surface area (Å²) in [5, 5.41) is 18.5. The summed E-state index contributed by atoms with van der Waals surface area (Å²) in [6.07, 6.45) is 1.26. The third kappa shape index (κ3) is 2.19. The number of hydrogen-bond acceptors (Lipinski definition) is 5. The van der Waals surface area contributed by atoms with E-state index >= 15 is 0 Å². The van der Waals surface area contributed by atoms with Crippen LogP contribution >= 0.6 is 0 Å². The molecule has 0 aromatic rings. The van der Waals surface area contributed by atoms with Crippen molar-refractivity contribution >= 4 is 23.9 Å². The van der Waals surface area contributed by atoms with Crippen molar-refractivity contribution < 1.29 is 34.1 Å². The average Bonchev–Trinajstić information content (AvgIpc) is 2.67. The van der Waals surface area contributed by atoms with Crippen molar-refractivity contribution in [2.45, 2.75) is 26.2 Å². The van der Waals surface area contributed by atoms with Crippen molar-refractivity contribution in [2.75, 3.05) is 0 Å². The molecule has 0 bridgehead atoms. The number of hydrogen-bond donors (Lipinski definition) is 2. The highest BCUT2D eigenvalue weighted by Gasteiger charge is 2.52. The number of carboxylic acids is 2.